The van der Waals surface area contributed by atoms with Crippen LogP contribution in [0.15, 0.2) is 30.6 Å². The first-order valence-corrected chi connectivity index (χ1v) is 5.12. The van der Waals surface area contributed by atoms with E-state index < -0.39 is 5.97 Å². The highest BCUT2D eigenvalue weighted by Gasteiger charge is 2.10. The topological polar surface area (TPSA) is 108 Å². The molecule has 0 bridgehead atoms. The lowest BCUT2D eigenvalue weighted by Crippen LogP contribution is -2.14. The summed E-state index contributed by atoms with van der Waals surface area (Å²) in [6.07, 6.45) is 3.37. The minimum Gasteiger partial charge on any atom is -0.477 e. The van der Waals surface area contributed by atoms with Gasteiger partial charge in [-0.3, -0.25) is 14.9 Å². The molecule has 3 N–H and O–H groups in total. The number of carbonyl (C=O) groups excluding carboxylic acids is 1. The number of aromatic amines is 1. The summed E-state index contributed by atoms with van der Waals surface area (Å²) in [4.78, 5) is 26.1. The number of carboxylic acid groups (broad SMARTS) is 1. The lowest BCUT2D eigenvalue weighted by atomic mass is 10.2. The molecule has 2 aromatic rings. The molecule has 0 spiro atoms. The van der Waals surface area contributed by atoms with Crippen LogP contribution in [0.3, 0.4) is 0 Å². The molecular weight excluding hydrogens is 236 g/mol. The Morgan fingerprint density at radius 1 is 1.44 bits per heavy atom. The average Bonchev–Trinajstić information content (AvgIpc) is 2.78. The number of aromatic nitrogens is 3. The highest BCUT2D eigenvalue weighted by atomic mass is 16.4. The van der Waals surface area contributed by atoms with Crippen LogP contribution in [0.2, 0.25) is 0 Å². The van der Waals surface area contributed by atoms with Crippen molar-refractivity contribution in [2.24, 2.45) is 0 Å². The largest absolute Gasteiger partial charge is 0.477 e. The van der Waals surface area contributed by atoms with E-state index in [2.05, 4.69) is 20.5 Å². The van der Waals surface area contributed by atoms with Crippen molar-refractivity contribution in [2.45, 2.75) is 6.42 Å². The summed E-state index contributed by atoms with van der Waals surface area (Å²) in [5.74, 6) is -1.23. The van der Waals surface area contributed by atoms with Gasteiger partial charge in [-0.25, -0.2) is 4.79 Å². The first-order valence-electron chi connectivity index (χ1n) is 5.12. The third-order valence-electron chi connectivity index (χ3n) is 2.16. The summed E-state index contributed by atoms with van der Waals surface area (Å²) >= 11 is 0. The number of hydrogen-bond donors (Lipinski definition) is 3. The maximum Gasteiger partial charge on any atom is 0.353 e. The molecule has 0 saturated carbocycles. The number of anilines is 1. The minimum absolute atomic E-state index is 0.0772. The van der Waals surface area contributed by atoms with Crippen molar-refractivity contribution in [3.63, 3.8) is 0 Å². The molecule has 0 aliphatic rings. The Hall–Kier alpha value is -2.70. The van der Waals surface area contributed by atoms with Crippen LogP contribution in [0, 0.1) is 0 Å². The molecule has 1 amide bonds. The highest BCUT2D eigenvalue weighted by molar-refractivity contribution is 5.93. The molecule has 7 heteroatoms. The van der Waals surface area contributed by atoms with Gasteiger partial charge in [0.2, 0.25) is 5.91 Å². The summed E-state index contributed by atoms with van der Waals surface area (Å²) in [6.45, 7) is 0. The number of pyridine rings is 1. The number of H-pyrrole nitrogens is 1. The van der Waals surface area contributed by atoms with Crippen LogP contribution in [-0.2, 0) is 11.2 Å². The van der Waals surface area contributed by atoms with Gasteiger partial charge in [0, 0.05) is 18.5 Å². The van der Waals surface area contributed by atoms with E-state index in [1.807, 2.05) is 0 Å². The van der Waals surface area contributed by atoms with E-state index in [-0.39, 0.29) is 23.8 Å². The molecule has 0 fully saturated rings. The van der Waals surface area contributed by atoms with Gasteiger partial charge in [0.25, 0.3) is 0 Å². The van der Waals surface area contributed by atoms with Crippen molar-refractivity contribution < 1.29 is 14.7 Å². The van der Waals surface area contributed by atoms with Crippen molar-refractivity contribution >= 4 is 17.7 Å². The smallest absolute Gasteiger partial charge is 0.353 e. The second-order valence-corrected chi connectivity index (χ2v) is 3.56. The average molecular weight is 246 g/mol. The van der Waals surface area contributed by atoms with Gasteiger partial charge in [-0.15, -0.1) is 0 Å². The Bertz CT molecular complexity index is 565. The van der Waals surface area contributed by atoms with Gasteiger partial charge in [0.05, 0.1) is 6.42 Å². The monoisotopic (exact) mass is 246 g/mol. The zero-order valence-corrected chi connectivity index (χ0v) is 9.25. The minimum atomic E-state index is -1.13. The fraction of sp³-hybridized carbons (Fsp3) is 0.0909. The predicted molar refractivity (Wildman–Crippen MR) is 62.1 cm³/mol. The summed E-state index contributed by atoms with van der Waals surface area (Å²) < 4.78 is 0. The van der Waals surface area contributed by atoms with Gasteiger partial charge in [0.15, 0.2) is 5.82 Å². The Labute approximate surface area is 102 Å². The number of carbonyl (C=O) groups is 2. The van der Waals surface area contributed by atoms with E-state index in [9.17, 15) is 9.59 Å². The van der Waals surface area contributed by atoms with E-state index in [1.165, 1.54) is 6.07 Å². The Kier molecular flexibility index (Phi) is 3.33. The van der Waals surface area contributed by atoms with Crippen LogP contribution >= 0.6 is 0 Å². The second-order valence-electron chi connectivity index (χ2n) is 3.56. The molecule has 0 saturated heterocycles. The van der Waals surface area contributed by atoms with Crippen LogP contribution in [0.25, 0.3) is 0 Å². The van der Waals surface area contributed by atoms with E-state index in [1.54, 1.807) is 24.5 Å². The van der Waals surface area contributed by atoms with Crippen LogP contribution in [0.5, 0.6) is 0 Å². The fourth-order valence-corrected chi connectivity index (χ4v) is 1.37. The van der Waals surface area contributed by atoms with Crippen LogP contribution in [-0.4, -0.2) is 32.2 Å². The molecule has 0 aliphatic heterocycles. The number of carboxylic acids is 1. The Morgan fingerprint density at radius 2 is 2.28 bits per heavy atom. The van der Waals surface area contributed by atoms with Crippen molar-refractivity contribution in [1.82, 2.24) is 15.2 Å². The Morgan fingerprint density at radius 3 is 2.89 bits per heavy atom. The number of nitrogens with zero attached hydrogens (tertiary/aromatic N) is 2. The van der Waals surface area contributed by atoms with Gasteiger partial charge in [0.1, 0.15) is 5.69 Å². The summed E-state index contributed by atoms with van der Waals surface area (Å²) in [7, 11) is 0. The highest BCUT2D eigenvalue weighted by Crippen LogP contribution is 2.06. The second kappa shape index (κ2) is 5.09. The van der Waals surface area contributed by atoms with Crippen molar-refractivity contribution in [2.75, 3.05) is 5.32 Å². The van der Waals surface area contributed by atoms with Crippen molar-refractivity contribution in [3.8, 4) is 0 Å². The molecular formula is C11H10N4O3. The molecule has 2 heterocycles. The third kappa shape index (κ3) is 2.91. The fourth-order valence-electron chi connectivity index (χ4n) is 1.37. The van der Waals surface area contributed by atoms with E-state index in [4.69, 9.17) is 5.11 Å². The molecule has 92 valence electrons. The Balaban J connectivity index is 1.97. The SMILES string of the molecule is O=C(Cc1cccnc1)Nc1cc(C(=O)O)[nH]n1. The predicted octanol–water partition coefficient (Wildman–Crippen LogP) is 0.684. The molecule has 7 nitrogen and oxygen atoms in total. The zero-order chi connectivity index (χ0) is 13.0. The number of rotatable bonds is 4. The van der Waals surface area contributed by atoms with Gasteiger partial charge >= 0.3 is 5.97 Å². The van der Waals surface area contributed by atoms with Crippen LogP contribution in [0.4, 0.5) is 5.82 Å². The third-order valence-corrected chi connectivity index (χ3v) is 2.16. The standard InChI is InChI=1S/C11H10N4O3/c16-10(4-7-2-1-3-12-6-7)13-9-5-8(11(17)18)14-15-9/h1-3,5-6H,4H2,(H,17,18)(H2,13,14,15,16). The van der Waals surface area contributed by atoms with Crippen LogP contribution < -0.4 is 5.32 Å². The molecule has 2 rings (SSSR count). The molecule has 0 aromatic carbocycles. The van der Waals surface area contributed by atoms with Gasteiger partial charge in [-0.1, -0.05) is 6.07 Å². The van der Waals surface area contributed by atoms with E-state index in [0.29, 0.717) is 0 Å². The van der Waals surface area contributed by atoms with Gasteiger partial charge in [-0.2, -0.15) is 5.10 Å². The van der Waals surface area contributed by atoms with Gasteiger partial charge < -0.3 is 10.4 Å². The number of hydrogen-bond acceptors (Lipinski definition) is 4. The lowest BCUT2D eigenvalue weighted by molar-refractivity contribution is -0.115. The van der Waals surface area contributed by atoms with Crippen LogP contribution in [0.1, 0.15) is 16.1 Å². The molecule has 2 aromatic heterocycles. The summed E-state index contributed by atoms with van der Waals surface area (Å²) in [5, 5.41) is 17.1. The summed E-state index contributed by atoms with van der Waals surface area (Å²) in [5.41, 5.74) is 0.690. The maximum absolute atomic E-state index is 11.6. The molecule has 0 aliphatic carbocycles. The lowest BCUT2D eigenvalue weighted by Gasteiger charge is -2.00. The normalized spacial score (nSPS) is 10.0. The van der Waals surface area contributed by atoms with Gasteiger partial charge in [-0.05, 0) is 11.6 Å². The molecule has 0 unspecified atom stereocenters. The maximum atomic E-state index is 11.6. The van der Waals surface area contributed by atoms with E-state index in [0.717, 1.165) is 5.56 Å². The number of amides is 1. The van der Waals surface area contributed by atoms with Crippen molar-refractivity contribution in [3.05, 3.63) is 41.9 Å². The number of aromatic carboxylic acids is 1. The quantitative estimate of drug-likeness (QED) is 0.735. The first kappa shape index (κ1) is 11.8. The molecule has 0 radical (unpaired) electrons. The van der Waals surface area contributed by atoms with Crippen molar-refractivity contribution in [1.29, 1.82) is 0 Å². The van der Waals surface area contributed by atoms with E-state index >= 15 is 0 Å². The first-order chi connectivity index (χ1) is 8.65. The molecule has 18 heavy (non-hydrogen) atoms. The summed E-state index contributed by atoms with van der Waals surface area (Å²) in [6, 6.07) is 4.77. The zero-order valence-electron chi connectivity index (χ0n) is 9.25. The number of nitrogens with one attached hydrogen (secondary N) is 2. The molecule has 0 atom stereocenters.